The molecule has 0 spiro atoms. The molecular formula is C9H16ClN3. The predicted octanol–water partition coefficient (Wildman–Crippen LogP) is 1.18. The SMILES string of the molecule is CC(CCl)NCCc1ccnn1C. The minimum atomic E-state index is 0.384. The third-order valence-corrected chi connectivity index (χ3v) is 2.49. The van der Waals surface area contributed by atoms with Crippen molar-refractivity contribution in [1.82, 2.24) is 15.1 Å². The molecule has 1 aromatic rings. The van der Waals surface area contributed by atoms with E-state index in [0.29, 0.717) is 11.9 Å². The summed E-state index contributed by atoms with van der Waals surface area (Å²) in [4.78, 5) is 0. The van der Waals surface area contributed by atoms with E-state index in [1.807, 2.05) is 24.0 Å². The summed E-state index contributed by atoms with van der Waals surface area (Å²) >= 11 is 5.66. The van der Waals surface area contributed by atoms with Crippen molar-refractivity contribution in [2.45, 2.75) is 19.4 Å². The van der Waals surface area contributed by atoms with Crippen LogP contribution in [0, 0.1) is 0 Å². The second-order valence-corrected chi connectivity index (χ2v) is 3.51. The lowest BCUT2D eigenvalue weighted by Gasteiger charge is -2.09. The molecule has 0 amide bonds. The van der Waals surface area contributed by atoms with E-state index in [2.05, 4.69) is 17.3 Å². The molecule has 0 saturated carbocycles. The Hall–Kier alpha value is -0.540. The Bertz CT molecular complexity index is 247. The standard InChI is InChI=1S/C9H16ClN3/c1-8(7-10)11-5-3-9-4-6-12-13(9)2/h4,6,8,11H,3,5,7H2,1-2H3. The maximum absolute atomic E-state index is 5.66. The summed E-state index contributed by atoms with van der Waals surface area (Å²) in [7, 11) is 1.96. The molecule has 13 heavy (non-hydrogen) atoms. The van der Waals surface area contributed by atoms with Gasteiger partial charge in [-0.25, -0.2) is 0 Å². The van der Waals surface area contributed by atoms with Gasteiger partial charge in [-0.1, -0.05) is 0 Å². The largest absolute Gasteiger partial charge is 0.313 e. The van der Waals surface area contributed by atoms with E-state index in [-0.39, 0.29) is 0 Å². The van der Waals surface area contributed by atoms with Crippen LogP contribution in [0.2, 0.25) is 0 Å². The first kappa shape index (κ1) is 10.5. The van der Waals surface area contributed by atoms with Crippen molar-refractivity contribution in [1.29, 1.82) is 0 Å². The normalized spacial score (nSPS) is 13.2. The number of hydrogen-bond donors (Lipinski definition) is 1. The molecule has 1 atom stereocenters. The number of nitrogens with one attached hydrogen (secondary N) is 1. The van der Waals surface area contributed by atoms with Crippen LogP contribution in [0.25, 0.3) is 0 Å². The highest BCUT2D eigenvalue weighted by molar-refractivity contribution is 6.18. The van der Waals surface area contributed by atoms with Crippen molar-refractivity contribution < 1.29 is 0 Å². The molecule has 0 aliphatic rings. The average molecular weight is 202 g/mol. The van der Waals surface area contributed by atoms with Crippen LogP contribution in [0.1, 0.15) is 12.6 Å². The van der Waals surface area contributed by atoms with Crippen molar-refractivity contribution in [2.24, 2.45) is 7.05 Å². The van der Waals surface area contributed by atoms with Gasteiger partial charge in [0, 0.05) is 43.8 Å². The van der Waals surface area contributed by atoms with Crippen LogP contribution in [0.15, 0.2) is 12.3 Å². The molecule has 0 radical (unpaired) electrons. The Kier molecular flexibility index (Phi) is 4.25. The van der Waals surface area contributed by atoms with Crippen LogP contribution in [0.5, 0.6) is 0 Å². The summed E-state index contributed by atoms with van der Waals surface area (Å²) in [5.41, 5.74) is 1.24. The smallest absolute Gasteiger partial charge is 0.0492 e. The first-order valence-electron chi connectivity index (χ1n) is 4.50. The molecule has 4 heteroatoms. The number of halogens is 1. The Labute approximate surface area is 84.1 Å². The molecule has 74 valence electrons. The van der Waals surface area contributed by atoms with Gasteiger partial charge in [0.1, 0.15) is 0 Å². The van der Waals surface area contributed by atoms with Gasteiger partial charge < -0.3 is 5.32 Å². The molecule has 3 nitrogen and oxygen atoms in total. The highest BCUT2D eigenvalue weighted by Gasteiger charge is 2.00. The van der Waals surface area contributed by atoms with Gasteiger partial charge in [-0.3, -0.25) is 4.68 Å². The molecule has 1 unspecified atom stereocenters. The monoisotopic (exact) mass is 201 g/mol. The Morgan fingerprint density at radius 3 is 3.00 bits per heavy atom. The molecule has 1 rings (SSSR count). The average Bonchev–Trinajstić information content (AvgIpc) is 2.52. The number of aryl methyl sites for hydroxylation is 1. The van der Waals surface area contributed by atoms with E-state index >= 15 is 0 Å². The van der Waals surface area contributed by atoms with Gasteiger partial charge >= 0.3 is 0 Å². The van der Waals surface area contributed by atoms with Gasteiger partial charge in [0.25, 0.3) is 0 Å². The molecule has 0 aliphatic heterocycles. The zero-order valence-corrected chi connectivity index (χ0v) is 8.88. The molecule has 0 aromatic carbocycles. The summed E-state index contributed by atoms with van der Waals surface area (Å²) < 4.78 is 1.90. The van der Waals surface area contributed by atoms with Gasteiger partial charge in [0.15, 0.2) is 0 Å². The highest BCUT2D eigenvalue weighted by Crippen LogP contribution is 1.96. The minimum Gasteiger partial charge on any atom is -0.313 e. The summed E-state index contributed by atoms with van der Waals surface area (Å²) in [6.07, 6.45) is 2.82. The number of rotatable bonds is 5. The number of hydrogen-bond acceptors (Lipinski definition) is 2. The maximum atomic E-state index is 5.66. The van der Waals surface area contributed by atoms with E-state index in [1.54, 1.807) is 0 Å². The van der Waals surface area contributed by atoms with Crippen molar-refractivity contribution in [3.8, 4) is 0 Å². The van der Waals surface area contributed by atoms with Crippen LogP contribution in [-0.2, 0) is 13.5 Å². The topological polar surface area (TPSA) is 29.9 Å². The van der Waals surface area contributed by atoms with E-state index in [4.69, 9.17) is 11.6 Å². The summed E-state index contributed by atoms with van der Waals surface area (Å²) in [5.74, 6) is 0.658. The van der Waals surface area contributed by atoms with Crippen LogP contribution >= 0.6 is 11.6 Å². The molecule has 0 aliphatic carbocycles. The molecule has 0 fully saturated rings. The third kappa shape index (κ3) is 3.36. The fourth-order valence-electron chi connectivity index (χ4n) is 1.15. The van der Waals surface area contributed by atoms with Gasteiger partial charge in [0.2, 0.25) is 0 Å². The maximum Gasteiger partial charge on any atom is 0.0492 e. The molecule has 1 N–H and O–H groups in total. The van der Waals surface area contributed by atoms with E-state index < -0.39 is 0 Å². The van der Waals surface area contributed by atoms with Gasteiger partial charge in [0.05, 0.1) is 0 Å². The zero-order valence-electron chi connectivity index (χ0n) is 8.13. The first-order chi connectivity index (χ1) is 6.24. The van der Waals surface area contributed by atoms with E-state index in [1.165, 1.54) is 5.69 Å². The van der Waals surface area contributed by atoms with Crippen molar-refractivity contribution in [3.05, 3.63) is 18.0 Å². The molecule has 0 saturated heterocycles. The molecule has 1 aromatic heterocycles. The van der Waals surface area contributed by atoms with Crippen molar-refractivity contribution in [2.75, 3.05) is 12.4 Å². The predicted molar refractivity (Wildman–Crippen MR) is 55.1 cm³/mol. The Balaban J connectivity index is 2.24. The lowest BCUT2D eigenvalue weighted by Crippen LogP contribution is -2.29. The van der Waals surface area contributed by atoms with Gasteiger partial charge in [-0.05, 0) is 13.0 Å². The van der Waals surface area contributed by atoms with Gasteiger partial charge in [-0.15, -0.1) is 11.6 Å². The fraction of sp³-hybridized carbons (Fsp3) is 0.667. The van der Waals surface area contributed by atoms with Crippen molar-refractivity contribution >= 4 is 11.6 Å². The van der Waals surface area contributed by atoms with Gasteiger partial charge in [-0.2, -0.15) is 5.10 Å². The lowest BCUT2D eigenvalue weighted by molar-refractivity contribution is 0.579. The second-order valence-electron chi connectivity index (χ2n) is 3.21. The molecule has 1 heterocycles. The van der Waals surface area contributed by atoms with Crippen molar-refractivity contribution in [3.63, 3.8) is 0 Å². The summed E-state index contributed by atoms with van der Waals surface area (Å²) in [5, 5.41) is 7.42. The summed E-state index contributed by atoms with van der Waals surface area (Å²) in [6.45, 7) is 3.03. The van der Waals surface area contributed by atoms with E-state index in [9.17, 15) is 0 Å². The molecular weight excluding hydrogens is 186 g/mol. The van der Waals surface area contributed by atoms with Crippen LogP contribution in [0.3, 0.4) is 0 Å². The first-order valence-corrected chi connectivity index (χ1v) is 5.03. The fourth-order valence-corrected chi connectivity index (χ4v) is 1.26. The number of nitrogens with zero attached hydrogens (tertiary/aromatic N) is 2. The summed E-state index contributed by atoms with van der Waals surface area (Å²) in [6, 6.07) is 2.42. The second kappa shape index (κ2) is 5.25. The Morgan fingerprint density at radius 2 is 2.46 bits per heavy atom. The quantitative estimate of drug-likeness (QED) is 0.726. The van der Waals surface area contributed by atoms with E-state index in [0.717, 1.165) is 13.0 Å². The van der Waals surface area contributed by atoms with Crippen LogP contribution < -0.4 is 5.32 Å². The number of alkyl halides is 1. The van der Waals surface area contributed by atoms with Crippen LogP contribution in [0.4, 0.5) is 0 Å². The third-order valence-electron chi connectivity index (χ3n) is 2.03. The number of aromatic nitrogens is 2. The lowest BCUT2D eigenvalue weighted by atomic mass is 10.3. The molecule has 0 bridgehead atoms. The highest BCUT2D eigenvalue weighted by atomic mass is 35.5. The Morgan fingerprint density at radius 1 is 1.69 bits per heavy atom. The minimum absolute atomic E-state index is 0.384. The zero-order chi connectivity index (χ0) is 9.68. The van der Waals surface area contributed by atoms with Crippen LogP contribution in [-0.4, -0.2) is 28.2 Å².